The summed E-state index contributed by atoms with van der Waals surface area (Å²) in [5, 5.41) is 0. The van der Waals surface area contributed by atoms with Crippen molar-refractivity contribution in [1.82, 2.24) is 0 Å². The van der Waals surface area contributed by atoms with Crippen LogP contribution < -0.4 is 0 Å². The molecular weight excluding hydrogens is 110 g/mol. The maximum absolute atomic E-state index is 12.1. The summed E-state index contributed by atoms with van der Waals surface area (Å²) in [6.45, 7) is 0. The Kier molecular flexibility index (Phi) is 1.42. The lowest BCUT2D eigenvalue weighted by Gasteiger charge is -2.06. The normalized spacial score (nSPS) is 35.8. The van der Waals surface area contributed by atoms with E-state index in [-0.39, 0.29) is 0 Å². The standard InChI is InChI=1S/C6H6F2/c7-5-3-1-2-4-6(5)8/h1-6H/t5-,6?/m1/s1. The van der Waals surface area contributed by atoms with E-state index >= 15 is 0 Å². The Hall–Kier alpha value is -0.660. The topological polar surface area (TPSA) is 0 Å². The molecule has 0 aromatic heterocycles. The summed E-state index contributed by atoms with van der Waals surface area (Å²) in [5.41, 5.74) is 0. The number of hydrogen-bond acceptors (Lipinski definition) is 0. The third kappa shape index (κ3) is 0.941. The van der Waals surface area contributed by atoms with Gasteiger partial charge in [0.05, 0.1) is 0 Å². The highest BCUT2D eigenvalue weighted by Gasteiger charge is 2.14. The molecule has 0 aliphatic heterocycles. The fraction of sp³-hybridized carbons (Fsp3) is 0.333. The molecule has 2 atom stereocenters. The fourth-order valence-corrected chi connectivity index (χ4v) is 0.553. The first-order valence-electron chi connectivity index (χ1n) is 2.44. The van der Waals surface area contributed by atoms with E-state index in [1.807, 2.05) is 0 Å². The molecule has 0 amide bonds. The van der Waals surface area contributed by atoms with Crippen molar-refractivity contribution < 1.29 is 8.78 Å². The lowest BCUT2D eigenvalue weighted by Crippen LogP contribution is -2.13. The minimum absolute atomic E-state index is 1.20. The molecular formula is C6H6F2. The molecule has 0 radical (unpaired) electrons. The molecule has 0 fully saturated rings. The maximum atomic E-state index is 12.1. The van der Waals surface area contributed by atoms with Crippen molar-refractivity contribution in [3.05, 3.63) is 24.3 Å². The summed E-state index contributed by atoms with van der Waals surface area (Å²) in [4.78, 5) is 0. The fourth-order valence-electron chi connectivity index (χ4n) is 0.553. The van der Waals surface area contributed by atoms with Crippen LogP contribution in [-0.4, -0.2) is 12.3 Å². The van der Waals surface area contributed by atoms with Gasteiger partial charge in [-0.3, -0.25) is 0 Å². The molecule has 2 heteroatoms. The Labute approximate surface area is 46.5 Å². The number of halogens is 2. The van der Waals surface area contributed by atoms with Gasteiger partial charge in [-0.2, -0.15) is 0 Å². The molecule has 0 N–H and O–H groups in total. The summed E-state index contributed by atoms with van der Waals surface area (Å²) in [6, 6.07) is 0. The van der Waals surface area contributed by atoms with Crippen LogP contribution in [0.25, 0.3) is 0 Å². The summed E-state index contributed by atoms with van der Waals surface area (Å²) < 4.78 is 24.1. The van der Waals surface area contributed by atoms with Crippen LogP contribution in [0.1, 0.15) is 0 Å². The highest BCUT2D eigenvalue weighted by molar-refractivity contribution is 5.15. The Morgan fingerprint density at radius 3 is 1.50 bits per heavy atom. The van der Waals surface area contributed by atoms with Crippen molar-refractivity contribution in [2.75, 3.05) is 0 Å². The van der Waals surface area contributed by atoms with Crippen molar-refractivity contribution in [3.63, 3.8) is 0 Å². The van der Waals surface area contributed by atoms with E-state index in [2.05, 4.69) is 0 Å². The first kappa shape index (κ1) is 5.48. The molecule has 0 nitrogen and oxygen atoms in total. The van der Waals surface area contributed by atoms with Crippen molar-refractivity contribution in [2.45, 2.75) is 12.3 Å². The van der Waals surface area contributed by atoms with Crippen molar-refractivity contribution >= 4 is 0 Å². The van der Waals surface area contributed by atoms with E-state index in [1.165, 1.54) is 24.3 Å². The third-order valence-electron chi connectivity index (χ3n) is 1.01. The van der Waals surface area contributed by atoms with E-state index in [4.69, 9.17) is 0 Å². The van der Waals surface area contributed by atoms with Crippen LogP contribution in [-0.2, 0) is 0 Å². The molecule has 0 heterocycles. The van der Waals surface area contributed by atoms with E-state index in [0.717, 1.165) is 0 Å². The van der Waals surface area contributed by atoms with Crippen molar-refractivity contribution in [3.8, 4) is 0 Å². The van der Waals surface area contributed by atoms with Gasteiger partial charge in [-0.05, 0) is 12.2 Å². The average molecular weight is 116 g/mol. The number of hydrogen-bond donors (Lipinski definition) is 0. The SMILES string of the molecule is FC1C=CC=C[C@H]1F. The van der Waals surface area contributed by atoms with Gasteiger partial charge in [-0.25, -0.2) is 8.78 Å². The molecule has 1 rings (SSSR count). The van der Waals surface area contributed by atoms with Gasteiger partial charge in [0.2, 0.25) is 0 Å². The highest BCUT2D eigenvalue weighted by atomic mass is 19.2. The van der Waals surface area contributed by atoms with Crippen LogP contribution in [0, 0.1) is 0 Å². The first-order chi connectivity index (χ1) is 3.80. The molecule has 0 saturated heterocycles. The minimum atomic E-state index is -1.43. The molecule has 0 saturated carbocycles. The van der Waals surface area contributed by atoms with Crippen LogP contribution >= 0.6 is 0 Å². The predicted molar refractivity (Wildman–Crippen MR) is 28.1 cm³/mol. The zero-order valence-corrected chi connectivity index (χ0v) is 4.22. The van der Waals surface area contributed by atoms with Gasteiger partial charge in [0.1, 0.15) is 0 Å². The Balaban J connectivity index is 2.59. The number of alkyl halides is 2. The quantitative estimate of drug-likeness (QED) is 0.452. The second-order valence-electron chi connectivity index (χ2n) is 1.66. The zero-order chi connectivity index (χ0) is 5.98. The maximum Gasteiger partial charge on any atom is 0.153 e. The van der Waals surface area contributed by atoms with Crippen LogP contribution in [0.3, 0.4) is 0 Å². The summed E-state index contributed by atoms with van der Waals surface area (Å²) >= 11 is 0. The lowest BCUT2D eigenvalue weighted by atomic mass is 10.1. The molecule has 1 aliphatic rings. The molecule has 0 spiro atoms. The monoisotopic (exact) mass is 116 g/mol. The lowest BCUT2D eigenvalue weighted by molar-refractivity contribution is 0.245. The van der Waals surface area contributed by atoms with E-state index in [0.29, 0.717) is 0 Å². The van der Waals surface area contributed by atoms with E-state index in [9.17, 15) is 8.78 Å². The van der Waals surface area contributed by atoms with Gasteiger partial charge < -0.3 is 0 Å². The van der Waals surface area contributed by atoms with Gasteiger partial charge in [0.15, 0.2) is 12.3 Å². The molecule has 8 heavy (non-hydrogen) atoms. The van der Waals surface area contributed by atoms with Crippen LogP contribution in [0.15, 0.2) is 24.3 Å². The molecule has 1 aliphatic carbocycles. The van der Waals surface area contributed by atoms with Gasteiger partial charge in [-0.15, -0.1) is 0 Å². The Morgan fingerprint density at radius 1 is 0.875 bits per heavy atom. The van der Waals surface area contributed by atoms with Crippen LogP contribution in [0.5, 0.6) is 0 Å². The Bertz CT molecular complexity index is 110. The summed E-state index contributed by atoms with van der Waals surface area (Å²) in [6.07, 6.45) is 2.54. The average Bonchev–Trinajstić information content (AvgIpc) is 1.77. The largest absolute Gasteiger partial charge is 0.239 e. The molecule has 1 unspecified atom stereocenters. The van der Waals surface area contributed by atoms with Crippen molar-refractivity contribution in [2.24, 2.45) is 0 Å². The molecule has 0 aromatic carbocycles. The summed E-state index contributed by atoms with van der Waals surface area (Å²) in [7, 11) is 0. The second-order valence-corrected chi connectivity index (χ2v) is 1.66. The number of rotatable bonds is 0. The van der Waals surface area contributed by atoms with Gasteiger partial charge in [0.25, 0.3) is 0 Å². The summed E-state index contributed by atoms with van der Waals surface area (Å²) in [5.74, 6) is 0. The molecule has 44 valence electrons. The van der Waals surface area contributed by atoms with Crippen molar-refractivity contribution in [1.29, 1.82) is 0 Å². The smallest absolute Gasteiger partial charge is 0.153 e. The third-order valence-corrected chi connectivity index (χ3v) is 1.01. The van der Waals surface area contributed by atoms with E-state index in [1.54, 1.807) is 0 Å². The van der Waals surface area contributed by atoms with E-state index < -0.39 is 12.3 Å². The molecule has 0 aromatic rings. The number of allylic oxidation sites excluding steroid dienone is 4. The van der Waals surface area contributed by atoms with Gasteiger partial charge in [0, 0.05) is 0 Å². The Morgan fingerprint density at radius 2 is 1.25 bits per heavy atom. The molecule has 0 bridgehead atoms. The predicted octanol–water partition coefficient (Wildman–Crippen LogP) is 1.79. The van der Waals surface area contributed by atoms with Crippen LogP contribution in [0.2, 0.25) is 0 Å². The van der Waals surface area contributed by atoms with Crippen LogP contribution in [0.4, 0.5) is 8.78 Å². The highest BCUT2D eigenvalue weighted by Crippen LogP contribution is 2.10. The minimum Gasteiger partial charge on any atom is -0.239 e. The second kappa shape index (κ2) is 2.07. The van der Waals surface area contributed by atoms with Gasteiger partial charge in [-0.1, -0.05) is 12.2 Å². The zero-order valence-electron chi connectivity index (χ0n) is 4.22. The van der Waals surface area contributed by atoms with Gasteiger partial charge >= 0.3 is 0 Å². The first-order valence-corrected chi connectivity index (χ1v) is 2.44.